The fourth-order valence-electron chi connectivity index (χ4n) is 2.31. The number of thiazole rings is 1. The number of pyridine rings is 1. The van der Waals surface area contributed by atoms with Crippen LogP contribution in [0.3, 0.4) is 0 Å². The van der Waals surface area contributed by atoms with E-state index in [-0.39, 0.29) is 17.3 Å². The normalized spacial score (nSPS) is 10.4. The van der Waals surface area contributed by atoms with Crippen LogP contribution in [0.15, 0.2) is 41.9 Å². The number of nitrogens with zero attached hydrogens (tertiary/aromatic N) is 2. The van der Waals surface area contributed by atoms with Crippen LogP contribution >= 0.6 is 22.9 Å². The van der Waals surface area contributed by atoms with E-state index < -0.39 is 5.97 Å². The van der Waals surface area contributed by atoms with Gasteiger partial charge >= 0.3 is 5.97 Å². The van der Waals surface area contributed by atoms with Gasteiger partial charge in [-0.1, -0.05) is 17.7 Å². The van der Waals surface area contributed by atoms with Crippen molar-refractivity contribution in [1.82, 2.24) is 9.97 Å². The minimum absolute atomic E-state index is 0.0346. The molecule has 2 heterocycles. The summed E-state index contributed by atoms with van der Waals surface area (Å²) in [6.07, 6.45) is 1.51. The third-order valence-corrected chi connectivity index (χ3v) is 4.74. The zero-order valence-corrected chi connectivity index (χ0v) is 15.6. The largest absolute Gasteiger partial charge is 0.493 e. The number of carbonyl (C=O) groups is 1. The maximum Gasteiger partial charge on any atom is 0.341 e. The second-order valence-corrected chi connectivity index (χ2v) is 6.32. The van der Waals surface area contributed by atoms with Crippen LogP contribution in [0.25, 0.3) is 10.6 Å². The van der Waals surface area contributed by atoms with Crippen molar-refractivity contribution in [3.8, 4) is 22.1 Å². The van der Waals surface area contributed by atoms with Crippen LogP contribution in [-0.2, 0) is 11.3 Å². The Morgan fingerprint density at radius 1 is 1.19 bits per heavy atom. The number of hydrogen-bond donors (Lipinski definition) is 0. The van der Waals surface area contributed by atoms with E-state index >= 15 is 0 Å². The molecule has 0 spiro atoms. The first-order valence-corrected chi connectivity index (χ1v) is 8.83. The monoisotopic (exact) mass is 390 g/mol. The number of hydrogen-bond acceptors (Lipinski definition) is 7. The summed E-state index contributed by atoms with van der Waals surface area (Å²) in [6.45, 7) is 0.0346. The van der Waals surface area contributed by atoms with E-state index in [0.717, 1.165) is 10.6 Å². The van der Waals surface area contributed by atoms with Crippen molar-refractivity contribution < 1.29 is 19.0 Å². The number of para-hydroxylation sites is 1. The summed E-state index contributed by atoms with van der Waals surface area (Å²) in [7, 11) is 3.16. The zero-order chi connectivity index (χ0) is 18.5. The minimum Gasteiger partial charge on any atom is -0.493 e. The van der Waals surface area contributed by atoms with E-state index in [2.05, 4.69) is 9.97 Å². The molecule has 0 N–H and O–H groups in total. The highest BCUT2D eigenvalue weighted by atomic mass is 35.5. The lowest BCUT2D eigenvalue weighted by Crippen LogP contribution is -2.06. The molecule has 0 saturated carbocycles. The molecule has 0 bridgehead atoms. The predicted octanol–water partition coefficient (Wildman–Crippen LogP) is 4.23. The Bertz CT molecular complexity index is 929. The second kappa shape index (κ2) is 8.16. The number of halogens is 1. The number of benzene rings is 1. The predicted molar refractivity (Wildman–Crippen MR) is 99.0 cm³/mol. The summed E-state index contributed by atoms with van der Waals surface area (Å²) < 4.78 is 16.0. The third-order valence-electron chi connectivity index (χ3n) is 3.52. The molecule has 6 nitrogen and oxygen atoms in total. The molecule has 3 aromatic rings. The van der Waals surface area contributed by atoms with E-state index in [0.29, 0.717) is 17.2 Å². The van der Waals surface area contributed by atoms with Crippen LogP contribution < -0.4 is 9.47 Å². The van der Waals surface area contributed by atoms with Crippen molar-refractivity contribution in [2.75, 3.05) is 14.2 Å². The molecular weight excluding hydrogens is 376 g/mol. The number of esters is 1. The molecule has 0 fully saturated rings. The van der Waals surface area contributed by atoms with Crippen LogP contribution in [0.5, 0.6) is 11.5 Å². The summed E-state index contributed by atoms with van der Waals surface area (Å²) in [5, 5.41) is 2.68. The first kappa shape index (κ1) is 18.2. The van der Waals surface area contributed by atoms with Crippen molar-refractivity contribution >= 4 is 28.9 Å². The molecule has 8 heteroatoms. The molecule has 0 aliphatic rings. The molecule has 1 aromatic carbocycles. The molecule has 0 atom stereocenters. The average Bonchev–Trinajstić information content (AvgIpc) is 3.14. The van der Waals surface area contributed by atoms with Crippen LogP contribution in [0, 0.1) is 0 Å². The number of carbonyl (C=O) groups excluding carboxylic acids is 1. The highest BCUT2D eigenvalue weighted by molar-refractivity contribution is 7.13. The lowest BCUT2D eigenvalue weighted by molar-refractivity contribution is 0.0468. The summed E-state index contributed by atoms with van der Waals surface area (Å²) in [5.74, 6) is 0.686. The van der Waals surface area contributed by atoms with Gasteiger partial charge in [-0.15, -0.1) is 11.3 Å². The highest BCUT2D eigenvalue weighted by Gasteiger charge is 2.16. The van der Waals surface area contributed by atoms with E-state index in [1.807, 2.05) is 23.6 Å². The Labute approximate surface area is 159 Å². The minimum atomic E-state index is -0.545. The van der Waals surface area contributed by atoms with Crippen molar-refractivity contribution in [2.24, 2.45) is 0 Å². The molecule has 0 aliphatic carbocycles. The SMILES string of the molecule is COc1cccc(-c2nc(COC(=O)c3cccnc3Cl)cs2)c1OC. The Morgan fingerprint density at radius 2 is 2.04 bits per heavy atom. The van der Waals surface area contributed by atoms with Gasteiger partial charge < -0.3 is 14.2 Å². The molecule has 26 heavy (non-hydrogen) atoms. The van der Waals surface area contributed by atoms with Gasteiger partial charge in [-0.3, -0.25) is 0 Å². The van der Waals surface area contributed by atoms with Gasteiger partial charge in [0.2, 0.25) is 0 Å². The van der Waals surface area contributed by atoms with Gasteiger partial charge in [-0.2, -0.15) is 0 Å². The molecule has 0 amide bonds. The molecule has 134 valence electrons. The quantitative estimate of drug-likeness (QED) is 0.463. The molecule has 0 saturated heterocycles. The first-order valence-electron chi connectivity index (χ1n) is 7.57. The average molecular weight is 391 g/mol. The van der Waals surface area contributed by atoms with Crippen LogP contribution in [-0.4, -0.2) is 30.2 Å². The first-order chi connectivity index (χ1) is 12.6. The maximum atomic E-state index is 12.1. The molecule has 3 rings (SSSR count). The van der Waals surface area contributed by atoms with Gasteiger partial charge in [0, 0.05) is 11.6 Å². The van der Waals surface area contributed by atoms with E-state index in [9.17, 15) is 4.79 Å². The van der Waals surface area contributed by atoms with Crippen LogP contribution in [0.1, 0.15) is 16.1 Å². The third kappa shape index (κ3) is 3.79. The zero-order valence-electron chi connectivity index (χ0n) is 14.1. The number of ether oxygens (including phenoxy) is 3. The molecule has 0 radical (unpaired) electrons. The van der Waals surface area contributed by atoms with E-state index in [1.165, 1.54) is 17.5 Å². The summed E-state index contributed by atoms with van der Waals surface area (Å²) >= 11 is 7.32. The van der Waals surface area contributed by atoms with Gasteiger partial charge in [-0.25, -0.2) is 14.8 Å². The van der Waals surface area contributed by atoms with Crippen LogP contribution in [0.4, 0.5) is 0 Å². The molecule has 2 aromatic heterocycles. The molecule has 0 aliphatic heterocycles. The second-order valence-electron chi connectivity index (χ2n) is 5.10. The fraction of sp³-hybridized carbons (Fsp3) is 0.167. The summed E-state index contributed by atoms with van der Waals surface area (Å²) in [5.41, 5.74) is 1.66. The highest BCUT2D eigenvalue weighted by Crippen LogP contribution is 2.39. The number of rotatable bonds is 6. The van der Waals surface area contributed by atoms with Crippen molar-refractivity contribution in [3.05, 3.63) is 58.3 Å². The Hall–Kier alpha value is -2.64. The van der Waals surface area contributed by atoms with Gasteiger partial charge in [0.15, 0.2) is 11.5 Å². The van der Waals surface area contributed by atoms with Crippen molar-refractivity contribution in [3.63, 3.8) is 0 Å². The van der Waals surface area contributed by atoms with E-state index in [1.54, 1.807) is 26.4 Å². The number of methoxy groups -OCH3 is 2. The molecule has 0 unspecified atom stereocenters. The number of aromatic nitrogens is 2. The Morgan fingerprint density at radius 3 is 2.77 bits per heavy atom. The van der Waals surface area contributed by atoms with Crippen molar-refractivity contribution in [2.45, 2.75) is 6.61 Å². The van der Waals surface area contributed by atoms with Gasteiger partial charge in [0.1, 0.15) is 16.8 Å². The van der Waals surface area contributed by atoms with E-state index in [4.69, 9.17) is 25.8 Å². The lowest BCUT2D eigenvalue weighted by Gasteiger charge is -2.10. The summed E-state index contributed by atoms with van der Waals surface area (Å²) in [4.78, 5) is 20.5. The van der Waals surface area contributed by atoms with Gasteiger partial charge in [-0.05, 0) is 24.3 Å². The maximum absolute atomic E-state index is 12.1. The molecular formula is C18H15ClN2O4S. The standard InChI is InChI=1S/C18H15ClN2O4S/c1-23-14-7-3-5-12(15(14)24-2)17-21-11(10-26-17)9-25-18(22)13-6-4-8-20-16(13)19/h3-8,10H,9H2,1-2H3. The van der Waals surface area contributed by atoms with Crippen molar-refractivity contribution in [1.29, 1.82) is 0 Å². The fourth-order valence-corrected chi connectivity index (χ4v) is 3.33. The van der Waals surface area contributed by atoms with Crippen LogP contribution in [0.2, 0.25) is 5.15 Å². The Kier molecular flexibility index (Phi) is 5.70. The Balaban J connectivity index is 1.75. The van der Waals surface area contributed by atoms with Gasteiger partial charge in [0.25, 0.3) is 0 Å². The topological polar surface area (TPSA) is 70.5 Å². The lowest BCUT2D eigenvalue weighted by atomic mass is 10.2. The van der Waals surface area contributed by atoms with Gasteiger partial charge in [0.05, 0.1) is 31.0 Å². The smallest absolute Gasteiger partial charge is 0.341 e. The summed E-state index contributed by atoms with van der Waals surface area (Å²) in [6, 6.07) is 8.76.